The van der Waals surface area contributed by atoms with Gasteiger partial charge in [-0.3, -0.25) is 4.79 Å². The maximum atomic E-state index is 13.3. The number of carbonyl (C=O) groups excluding carboxylic acids is 1. The second-order valence-corrected chi connectivity index (χ2v) is 7.01. The first-order chi connectivity index (χ1) is 14.0. The van der Waals surface area contributed by atoms with E-state index >= 15 is 0 Å². The fourth-order valence-corrected chi connectivity index (χ4v) is 3.70. The largest absolute Gasteiger partial charge is 0.478 e. The SMILES string of the molecule is Cc1ccccc1C(=O)c1c[nH]c2nccc(C3=CC(/C=C/C(=O)O)=CCC3)c12. The van der Waals surface area contributed by atoms with E-state index in [1.54, 1.807) is 18.5 Å². The van der Waals surface area contributed by atoms with Gasteiger partial charge >= 0.3 is 5.97 Å². The summed E-state index contributed by atoms with van der Waals surface area (Å²) in [5, 5.41) is 9.69. The van der Waals surface area contributed by atoms with Crippen molar-refractivity contribution in [3.8, 4) is 0 Å². The lowest BCUT2D eigenvalue weighted by atomic mass is 9.90. The number of hydrogen-bond acceptors (Lipinski definition) is 3. The predicted molar refractivity (Wildman–Crippen MR) is 113 cm³/mol. The topological polar surface area (TPSA) is 83.0 Å². The Labute approximate surface area is 168 Å². The molecule has 0 saturated carbocycles. The molecule has 1 aromatic carbocycles. The van der Waals surface area contributed by atoms with Crippen LogP contribution in [0.2, 0.25) is 0 Å². The number of allylic oxidation sites excluding steroid dienone is 5. The third-order valence-electron chi connectivity index (χ3n) is 5.11. The Morgan fingerprint density at radius 2 is 2.00 bits per heavy atom. The molecule has 1 aliphatic rings. The first kappa shape index (κ1) is 18.6. The van der Waals surface area contributed by atoms with E-state index in [0.717, 1.165) is 46.6 Å². The van der Waals surface area contributed by atoms with Crippen LogP contribution >= 0.6 is 0 Å². The van der Waals surface area contributed by atoms with Crippen LogP contribution in [0.5, 0.6) is 0 Å². The van der Waals surface area contributed by atoms with Gasteiger partial charge in [0, 0.05) is 29.4 Å². The van der Waals surface area contributed by atoms with E-state index in [-0.39, 0.29) is 5.78 Å². The van der Waals surface area contributed by atoms with Gasteiger partial charge in [0.25, 0.3) is 0 Å². The van der Waals surface area contributed by atoms with Gasteiger partial charge < -0.3 is 10.1 Å². The standard InChI is InChI=1S/C24H20N2O3/c1-15-5-2-3-8-18(15)23(29)20-14-26-24-22(20)19(11-12-25-24)17-7-4-6-16(13-17)9-10-21(27)28/h2-3,5-6,8-14H,4,7H2,1H3,(H,25,26)(H,27,28)/b10-9+. The number of rotatable bonds is 5. The molecule has 3 aromatic rings. The van der Waals surface area contributed by atoms with Crippen LogP contribution in [0, 0.1) is 6.92 Å². The van der Waals surface area contributed by atoms with Crippen molar-refractivity contribution in [3.63, 3.8) is 0 Å². The number of carboxylic acids is 1. The normalized spacial score (nSPS) is 14.1. The summed E-state index contributed by atoms with van der Waals surface area (Å²) in [5.41, 5.74) is 5.71. The molecule has 1 aliphatic carbocycles. The number of ketones is 1. The summed E-state index contributed by atoms with van der Waals surface area (Å²) < 4.78 is 0. The number of aryl methyl sites for hydroxylation is 1. The molecule has 0 saturated heterocycles. The number of fused-ring (bicyclic) bond motifs is 1. The summed E-state index contributed by atoms with van der Waals surface area (Å²) >= 11 is 0. The quantitative estimate of drug-likeness (QED) is 0.487. The number of aromatic amines is 1. The first-order valence-electron chi connectivity index (χ1n) is 9.43. The smallest absolute Gasteiger partial charge is 0.328 e. The van der Waals surface area contributed by atoms with Gasteiger partial charge in [-0.2, -0.15) is 0 Å². The molecule has 0 amide bonds. The Kier molecular flexibility index (Phi) is 4.96. The molecule has 0 spiro atoms. The molecule has 0 bridgehead atoms. The van der Waals surface area contributed by atoms with Crippen LogP contribution in [-0.4, -0.2) is 26.8 Å². The molecular formula is C24H20N2O3. The second kappa shape index (κ2) is 7.72. The van der Waals surface area contributed by atoms with Crippen molar-refractivity contribution in [1.82, 2.24) is 9.97 Å². The number of carboxylic acid groups (broad SMARTS) is 1. The minimum Gasteiger partial charge on any atom is -0.478 e. The number of nitrogens with zero attached hydrogens (tertiary/aromatic N) is 1. The maximum absolute atomic E-state index is 13.3. The van der Waals surface area contributed by atoms with Crippen molar-refractivity contribution in [1.29, 1.82) is 0 Å². The lowest BCUT2D eigenvalue weighted by Gasteiger charge is -2.14. The van der Waals surface area contributed by atoms with E-state index in [4.69, 9.17) is 5.11 Å². The van der Waals surface area contributed by atoms with Gasteiger partial charge in [-0.1, -0.05) is 36.4 Å². The number of benzene rings is 1. The Morgan fingerprint density at radius 3 is 2.79 bits per heavy atom. The molecule has 0 atom stereocenters. The minimum atomic E-state index is -0.977. The molecule has 2 aromatic heterocycles. The molecule has 0 unspecified atom stereocenters. The van der Waals surface area contributed by atoms with E-state index in [2.05, 4.69) is 9.97 Å². The number of pyridine rings is 1. The molecule has 0 radical (unpaired) electrons. The Balaban J connectivity index is 1.82. The number of H-pyrrole nitrogens is 1. The lowest BCUT2D eigenvalue weighted by molar-refractivity contribution is -0.131. The van der Waals surface area contributed by atoms with Gasteiger partial charge in [-0.15, -0.1) is 0 Å². The third kappa shape index (κ3) is 3.67. The third-order valence-corrected chi connectivity index (χ3v) is 5.11. The summed E-state index contributed by atoms with van der Waals surface area (Å²) in [7, 11) is 0. The van der Waals surface area contributed by atoms with Gasteiger partial charge in [0.05, 0.1) is 5.56 Å². The fourth-order valence-electron chi connectivity index (χ4n) is 3.70. The summed E-state index contributed by atoms with van der Waals surface area (Å²) in [5.74, 6) is -1.02. The van der Waals surface area contributed by atoms with Gasteiger partial charge in [0.2, 0.25) is 0 Å². The summed E-state index contributed by atoms with van der Waals surface area (Å²) in [4.78, 5) is 31.6. The van der Waals surface area contributed by atoms with Gasteiger partial charge in [-0.25, -0.2) is 9.78 Å². The molecule has 2 N–H and O–H groups in total. The lowest BCUT2D eigenvalue weighted by Crippen LogP contribution is -2.04. The summed E-state index contributed by atoms with van der Waals surface area (Å²) in [6.07, 6.45) is 11.8. The molecule has 4 rings (SSSR count). The van der Waals surface area contributed by atoms with E-state index in [9.17, 15) is 9.59 Å². The van der Waals surface area contributed by atoms with Crippen LogP contribution in [-0.2, 0) is 4.79 Å². The van der Waals surface area contributed by atoms with Crippen LogP contribution in [0.25, 0.3) is 16.6 Å². The molecule has 0 fully saturated rings. The fraction of sp³-hybridized carbons (Fsp3) is 0.125. The van der Waals surface area contributed by atoms with Gasteiger partial charge in [0.15, 0.2) is 5.78 Å². The molecule has 5 nitrogen and oxygen atoms in total. The Bertz CT molecular complexity index is 1210. The monoisotopic (exact) mass is 384 g/mol. The van der Waals surface area contributed by atoms with Crippen molar-refractivity contribution in [2.45, 2.75) is 19.8 Å². The average Bonchev–Trinajstić information content (AvgIpc) is 3.16. The van der Waals surface area contributed by atoms with Crippen LogP contribution in [0.15, 0.2) is 72.6 Å². The van der Waals surface area contributed by atoms with E-state index in [1.807, 2.05) is 49.4 Å². The summed E-state index contributed by atoms with van der Waals surface area (Å²) in [6.45, 7) is 1.93. The average molecular weight is 384 g/mol. The zero-order chi connectivity index (χ0) is 20.4. The highest BCUT2D eigenvalue weighted by Crippen LogP contribution is 2.34. The zero-order valence-electron chi connectivity index (χ0n) is 16.0. The predicted octanol–water partition coefficient (Wildman–Crippen LogP) is 4.85. The summed E-state index contributed by atoms with van der Waals surface area (Å²) in [6, 6.07) is 9.46. The first-order valence-corrected chi connectivity index (χ1v) is 9.43. The molecule has 29 heavy (non-hydrogen) atoms. The Hall–Kier alpha value is -3.73. The van der Waals surface area contributed by atoms with Crippen molar-refractivity contribution < 1.29 is 14.7 Å². The van der Waals surface area contributed by atoms with Crippen LogP contribution < -0.4 is 0 Å². The number of carbonyl (C=O) groups is 2. The zero-order valence-corrected chi connectivity index (χ0v) is 16.0. The maximum Gasteiger partial charge on any atom is 0.328 e. The molecule has 144 valence electrons. The van der Waals surface area contributed by atoms with Crippen molar-refractivity contribution in [3.05, 3.63) is 94.9 Å². The van der Waals surface area contributed by atoms with E-state index in [0.29, 0.717) is 16.8 Å². The Morgan fingerprint density at radius 1 is 1.17 bits per heavy atom. The van der Waals surface area contributed by atoms with E-state index < -0.39 is 5.97 Å². The number of nitrogens with one attached hydrogen (secondary N) is 1. The minimum absolute atomic E-state index is 0.0402. The highest BCUT2D eigenvalue weighted by molar-refractivity contribution is 6.18. The number of aliphatic carboxylic acids is 1. The van der Waals surface area contributed by atoms with Crippen LogP contribution in [0.3, 0.4) is 0 Å². The molecule has 5 heteroatoms. The molecule has 0 aliphatic heterocycles. The number of aromatic nitrogens is 2. The van der Waals surface area contributed by atoms with Crippen LogP contribution in [0.1, 0.15) is 39.9 Å². The van der Waals surface area contributed by atoms with Crippen molar-refractivity contribution in [2.75, 3.05) is 0 Å². The molecular weight excluding hydrogens is 364 g/mol. The van der Waals surface area contributed by atoms with Gasteiger partial charge in [0.1, 0.15) is 5.65 Å². The van der Waals surface area contributed by atoms with Crippen LogP contribution in [0.4, 0.5) is 0 Å². The molecule has 2 heterocycles. The second-order valence-electron chi connectivity index (χ2n) is 7.01. The van der Waals surface area contributed by atoms with Crippen molar-refractivity contribution in [2.24, 2.45) is 0 Å². The van der Waals surface area contributed by atoms with Gasteiger partial charge in [-0.05, 0) is 54.2 Å². The number of hydrogen-bond donors (Lipinski definition) is 2. The highest BCUT2D eigenvalue weighted by Gasteiger charge is 2.20. The highest BCUT2D eigenvalue weighted by atomic mass is 16.4. The van der Waals surface area contributed by atoms with Crippen molar-refractivity contribution >= 4 is 28.4 Å². The van der Waals surface area contributed by atoms with E-state index in [1.165, 1.54) is 0 Å².